The fourth-order valence-corrected chi connectivity index (χ4v) is 7.05. The Labute approximate surface area is 211 Å². The zero-order chi connectivity index (χ0) is 24.8. The Hall–Kier alpha value is -2.29. The molecular formula is C28H36FN3O4. The number of nitrogens with one attached hydrogen (secondary N) is 1. The van der Waals surface area contributed by atoms with Crippen molar-refractivity contribution in [2.75, 3.05) is 39.5 Å². The van der Waals surface area contributed by atoms with Crippen molar-refractivity contribution in [1.29, 1.82) is 0 Å². The maximum absolute atomic E-state index is 13.9. The molecule has 194 valence electrons. The number of aliphatic hydroxyl groups is 1. The Morgan fingerprint density at radius 2 is 1.97 bits per heavy atom. The van der Waals surface area contributed by atoms with E-state index in [1.54, 1.807) is 12.1 Å². The van der Waals surface area contributed by atoms with Gasteiger partial charge in [0.1, 0.15) is 5.82 Å². The van der Waals surface area contributed by atoms with Gasteiger partial charge in [-0.15, -0.1) is 0 Å². The number of halogens is 1. The number of amides is 2. The van der Waals surface area contributed by atoms with Crippen LogP contribution in [-0.2, 0) is 14.3 Å². The third-order valence-corrected chi connectivity index (χ3v) is 9.08. The van der Waals surface area contributed by atoms with Gasteiger partial charge in [-0.3, -0.25) is 14.5 Å². The summed E-state index contributed by atoms with van der Waals surface area (Å²) in [7, 11) is 0. The third-order valence-electron chi connectivity index (χ3n) is 9.08. The summed E-state index contributed by atoms with van der Waals surface area (Å²) in [5.74, 6) is 0.415. The van der Waals surface area contributed by atoms with E-state index >= 15 is 0 Å². The van der Waals surface area contributed by atoms with Gasteiger partial charge in [0.05, 0.1) is 12.1 Å². The summed E-state index contributed by atoms with van der Waals surface area (Å²) in [5, 5.41) is 13.7. The summed E-state index contributed by atoms with van der Waals surface area (Å²) in [4.78, 5) is 31.4. The largest absolute Gasteiger partial charge is 0.396 e. The fraction of sp³-hybridized carbons (Fsp3) is 0.643. The van der Waals surface area contributed by atoms with Gasteiger partial charge in [-0.05, 0) is 61.6 Å². The van der Waals surface area contributed by atoms with E-state index in [2.05, 4.69) is 10.2 Å². The van der Waals surface area contributed by atoms with Gasteiger partial charge in [-0.2, -0.15) is 0 Å². The van der Waals surface area contributed by atoms with Crippen molar-refractivity contribution in [3.8, 4) is 0 Å². The van der Waals surface area contributed by atoms with Crippen LogP contribution in [0.15, 0.2) is 30.3 Å². The maximum Gasteiger partial charge on any atom is 0.254 e. The van der Waals surface area contributed by atoms with Crippen molar-refractivity contribution in [2.24, 2.45) is 23.7 Å². The molecule has 1 saturated carbocycles. The minimum absolute atomic E-state index is 0.0205. The predicted octanol–water partition coefficient (Wildman–Crippen LogP) is 2.05. The van der Waals surface area contributed by atoms with E-state index in [1.807, 2.05) is 11.0 Å². The number of carbonyl (C=O) groups is 2. The highest BCUT2D eigenvalue weighted by Gasteiger charge is 2.60. The number of carbonyl (C=O) groups excluding carboxylic acids is 2. The second-order valence-electron chi connectivity index (χ2n) is 11.3. The van der Waals surface area contributed by atoms with Crippen molar-refractivity contribution in [1.82, 2.24) is 15.1 Å². The quantitative estimate of drug-likeness (QED) is 0.603. The van der Waals surface area contributed by atoms with Crippen molar-refractivity contribution in [3.63, 3.8) is 0 Å². The van der Waals surface area contributed by atoms with Crippen LogP contribution in [0, 0.1) is 29.5 Å². The molecule has 1 aliphatic carbocycles. The van der Waals surface area contributed by atoms with E-state index in [0.29, 0.717) is 42.5 Å². The molecule has 4 aliphatic heterocycles. The molecule has 0 bridgehead atoms. The van der Waals surface area contributed by atoms with Crippen LogP contribution in [0.3, 0.4) is 0 Å². The summed E-state index contributed by atoms with van der Waals surface area (Å²) >= 11 is 0. The van der Waals surface area contributed by atoms with Gasteiger partial charge in [0.25, 0.3) is 5.91 Å². The van der Waals surface area contributed by atoms with E-state index in [9.17, 15) is 19.1 Å². The Morgan fingerprint density at radius 3 is 2.69 bits per heavy atom. The highest BCUT2D eigenvalue weighted by Crippen LogP contribution is 2.47. The highest BCUT2D eigenvalue weighted by molar-refractivity contribution is 6.20. The first-order valence-electron chi connectivity index (χ1n) is 13.5. The van der Waals surface area contributed by atoms with Crippen molar-refractivity contribution in [2.45, 2.75) is 50.2 Å². The summed E-state index contributed by atoms with van der Waals surface area (Å²) in [6.45, 7) is 3.41. The van der Waals surface area contributed by atoms with Gasteiger partial charge in [0.15, 0.2) is 0 Å². The van der Waals surface area contributed by atoms with Crippen molar-refractivity contribution in [3.05, 3.63) is 41.7 Å². The number of nitrogens with zero attached hydrogens (tertiary/aromatic N) is 2. The summed E-state index contributed by atoms with van der Waals surface area (Å²) < 4.78 is 19.5. The van der Waals surface area contributed by atoms with Crippen LogP contribution in [0.25, 0.3) is 5.57 Å². The van der Waals surface area contributed by atoms with Gasteiger partial charge in [-0.25, -0.2) is 4.39 Å². The molecule has 2 amide bonds. The smallest absolute Gasteiger partial charge is 0.254 e. The Bertz CT molecular complexity index is 1040. The molecular weight excluding hydrogens is 461 g/mol. The molecule has 1 aromatic rings. The number of hydrogen-bond donors (Lipinski definition) is 2. The standard InChI is InChI=1S/C28H36FN3O4/c29-20-3-1-2-19(12-20)21-6-7-24-25-22(15-31(24)28(21)35)23(16-33)26(27(34)30-13-17-4-5-17)32(25)14-18-8-10-36-11-9-18/h1-3,6,12,17-18,22-26,33H,4-5,7-11,13-16H2,(H,30,34)/t22-,23-,24?,25+,26-/m0/s1. The maximum atomic E-state index is 13.9. The van der Waals surface area contributed by atoms with Crippen molar-refractivity contribution < 1.29 is 23.8 Å². The van der Waals surface area contributed by atoms with Crippen LogP contribution in [0.2, 0.25) is 0 Å². The number of rotatable bonds is 7. The molecule has 4 fully saturated rings. The number of likely N-dealkylation sites (tertiary alicyclic amines) is 1. The molecule has 1 aromatic carbocycles. The van der Waals surface area contributed by atoms with Crippen LogP contribution in [0.1, 0.15) is 37.7 Å². The Morgan fingerprint density at radius 1 is 1.17 bits per heavy atom. The average Bonchev–Trinajstić information content (AvgIpc) is 3.56. The van der Waals surface area contributed by atoms with Gasteiger partial charge >= 0.3 is 0 Å². The monoisotopic (exact) mass is 497 g/mol. The molecule has 5 atom stereocenters. The molecule has 0 aromatic heterocycles. The first-order chi connectivity index (χ1) is 17.5. The van der Waals surface area contributed by atoms with Gasteiger partial charge in [0.2, 0.25) is 5.91 Å². The Kier molecular flexibility index (Phi) is 6.60. The van der Waals surface area contributed by atoms with Crippen LogP contribution >= 0.6 is 0 Å². The fourth-order valence-electron chi connectivity index (χ4n) is 7.05. The summed E-state index contributed by atoms with van der Waals surface area (Å²) in [6, 6.07) is 5.80. The normalized spacial score (nSPS) is 32.8. The molecule has 0 spiro atoms. The summed E-state index contributed by atoms with van der Waals surface area (Å²) in [6.07, 6.45) is 6.88. The zero-order valence-corrected chi connectivity index (χ0v) is 20.7. The molecule has 4 heterocycles. The topological polar surface area (TPSA) is 82.1 Å². The first-order valence-corrected chi connectivity index (χ1v) is 13.5. The zero-order valence-electron chi connectivity index (χ0n) is 20.7. The van der Waals surface area contributed by atoms with Crippen molar-refractivity contribution >= 4 is 17.4 Å². The number of fused-ring (bicyclic) bond motifs is 3. The minimum atomic E-state index is -0.377. The average molecular weight is 498 g/mol. The lowest BCUT2D eigenvalue weighted by Crippen LogP contribution is -2.55. The third kappa shape index (κ3) is 4.37. The molecule has 7 nitrogen and oxygen atoms in total. The lowest BCUT2D eigenvalue weighted by atomic mass is 9.87. The van der Waals surface area contributed by atoms with Crippen LogP contribution in [-0.4, -0.2) is 84.3 Å². The molecule has 1 unspecified atom stereocenters. The predicted molar refractivity (Wildman–Crippen MR) is 132 cm³/mol. The van der Waals surface area contributed by atoms with E-state index in [4.69, 9.17) is 4.74 Å². The van der Waals surface area contributed by atoms with Gasteiger partial charge in [0, 0.05) is 62.9 Å². The van der Waals surface area contributed by atoms with Crippen LogP contribution < -0.4 is 5.32 Å². The van der Waals surface area contributed by atoms with E-state index in [0.717, 1.165) is 32.6 Å². The van der Waals surface area contributed by atoms with Crippen LogP contribution in [0.4, 0.5) is 4.39 Å². The van der Waals surface area contributed by atoms with E-state index in [-0.39, 0.29) is 54.2 Å². The lowest BCUT2D eigenvalue weighted by molar-refractivity contribution is -0.130. The number of ether oxygens (including phenoxy) is 1. The molecule has 3 saturated heterocycles. The lowest BCUT2D eigenvalue weighted by Gasteiger charge is -2.40. The summed E-state index contributed by atoms with van der Waals surface area (Å²) in [5.41, 5.74) is 1.14. The first kappa shape index (κ1) is 24.1. The number of hydrogen-bond acceptors (Lipinski definition) is 5. The van der Waals surface area contributed by atoms with E-state index < -0.39 is 0 Å². The second-order valence-corrected chi connectivity index (χ2v) is 11.3. The molecule has 6 rings (SSSR count). The van der Waals surface area contributed by atoms with Gasteiger partial charge < -0.3 is 20.1 Å². The second kappa shape index (κ2) is 9.88. The van der Waals surface area contributed by atoms with Crippen LogP contribution in [0.5, 0.6) is 0 Å². The van der Waals surface area contributed by atoms with E-state index in [1.165, 1.54) is 25.0 Å². The Balaban J connectivity index is 1.29. The minimum Gasteiger partial charge on any atom is -0.396 e. The number of aliphatic hydroxyl groups excluding tert-OH is 1. The molecule has 2 N–H and O–H groups in total. The molecule has 5 aliphatic rings. The van der Waals surface area contributed by atoms with Gasteiger partial charge in [-0.1, -0.05) is 18.2 Å². The molecule has 36 heavy (non-hydrogen) atoms. The molecule has 0 radical (unpaired) electrons. The molecule has 8 heteroatoms. The number of benzene rings is 1. The highest BCUT2D eigenvalue weighted by atomic mass is 19.1. The SMILES string of the molecule is O=C(NCC1CC1)[C@@H]1[C@@H](CO)[C@@H]2CN3C(=O)C(c4cccc(F)c4)=CCC3[C@@H]2N1CC1CCOCC1.